The average Bonchev–Trinajstić information content (AvgIpc) is 2.99. The number of methoxy groups -OCH3 is 1. The van der Waals surface area contributed by atoms with Crippen LogP contribution in [0.2, 0.25) is 0 Å². The summed E-state index contributed by atoms with van der Waals surface area (Å²) < 4.78 is 10.5. The SMILES string of the molecule is COC[C@@H]1CCCN1/N=C/[C@@H]1c2ccccc2OC(=O)[C@H]1C(C)=O. The van der Waals surface area contributed by atoms with Crippen molar-refractivity contribution in [3.8, 4) is 5.75 Å². The molecule has 2 heterocycles. The van der Waals surface area contributed by atoms with Crippen LogP contribution in [0, 0.1) is 5.92 Å². The number of hydrogen-bond donors (Lipinski definition) is 0. The number of esters is 1. The fraction of sp³-hybridized carbons (Fsp3) is 0.500. The molecule has 6 nitrogen and oxygen atoms in total. The fourth-order valence-electron chi connectivity index (χ4n) is 3.42. The van der Waals surface area contributed by atoms with E-state index in [1.807, 2.05) is 23.2 Å². The van der Waals surface area contributed by atoms with Gasteiger partial charge in [-0.1, -0.05) is 18.2 Å². The number of Topliss-reactive ketones (excluding diaryl/α,β-unsaturated/α-hetero) is 1. The Kier molecular flexibility index (Phi) is 4.94. The molecule has 1 saturated heterocycles. The van der Waals surface area contributed by atoms with E-state index >= 15 is 0 Å². The number of ketones is 1. The number of benzene rings is 1. The molecule has 2 aliphatic rings. The van der Waals surface area contributed by atoms with E-state index in [0.29, 0.717) is 12.4 Å². The van der Waals surface area contributed by atoms with Gasteiger partial charge in [0.05, 0.1) is 12.6 Å². The first-order valence-electron chi connectivity index (χ1n) is 8.22. The van der Waals surface area contributed by atoms with Crippen molar-refractivity contribution in [3.63, 3.8) is 0 Å². The molecule has 0 unspecified atom stereocenters. The van der Waals surface area contributed by atoms with Crippen molar-refractivity contribution in [2.75, 3.05) is 20.3 Å². The van der Waals surface area contributed by atoms with Crippen LogP contribution in [0.3, 0.4) is 0 Å². The third-order valence-corrected chi connectivity index (χ3v) is 4.62. The van der Waals surface area contributed by atoms with Crippen LogP contribution in [0.15, 0.2) is 29.4 Å². The topological polar surface area (TPSA) is 68.2 Å². The molecule has 3 rings (SSSR count). The van der Waals surface area contributed by atoms with Crippen molar-refractivity contribution in [2.45, 2.75) is 31.7 Å². The van der Waals surface area contributed by atoms with E-state index in [1.165, 1.54) is 6.92 Å². The second kappa shape index (κ2) is 7.13. The molecule has 3 atom stereocenters. The first-order valence-corrected chi connectivity index (χ1v) is 8.22. The normalized spacial score (nSPS) is 26.5. The minimum Gasteiger partial charge on any atom is -0.426 e. The fourth-order valence-corrected chi connectivity index (χ4v) is 3.42. The maximum atomic E-state index is 12.2. The summed E-state index contributed by atoms with van der Waals surface area (Å²) in [6.45, 7) is 2.90. The second-order valence-corrected chi connectivity index (χ2v) is 6.25. The molecule has 0 N–H and O–H groups in total. The van der Waals surface area contributed by atoms with Gasteiger partial charge in [0.1, 0.15) is 17.5 Å². The van der Waals surface area contributed by atoms with Crippen molar-refractivity contribution >= 4 is 18.0 Å². The van der Waals surface area contributed by atoms with Gasteiger partial charge in [-0.15, -0.1) is 0 Å². The molecule has 1 fully saturated rings. The molecule has 0 saturated carbocycles. The average molecular weight is 330 g/mol. The smallest absolute Gasteiger partial charge is 0.322 e. The van der Waals surface area contributed by atoms with E-state index in [1.54, 1.807) is 19.4 Å². The van der Waals surface area contributed by atoms with Gasteiger partial charge in [0.2, 0.25) is 0 Å². The van der Waals surface area contributed by atoms with Crippen molar-refractivity contribution in [2.24, 2.45) is 11.0 Å². The number of hydrazone groups is 1. The molecule has 1 aromatic rings. The Hall–Kier alpha value is -2.21. The van der Waals surface area contributed by atoms with E-state index in [2.05, 4.69) is 5.10 Å². The number of rotatable bonds is 5. The van der Waals surface area contributed by atoms with Crippen molar-refractivity contribution in [1.29, 1.82) is 0 Å². The summed E-state index contributed by atoms with van der Waals surface area (Å²) in [5, 5.41) is 6.57. The van der Waals surface area contributed by atoms with E-state index in [0.717, 1.165) is 24.9 Å². The van der Waals surface area contributed by atoms with Gasteiger partial charge in [-0.05, 0) is 25.8 Å². The molecule has 0 amide bonds. The first kappa shape index (κ1) is 16.6. The van der Waals surface area contributed by atoms with Gasteiger partial charge in [0.25, 0.3) is 0 Å². The highest BCUT2D eigenvalue weighted by molar-refractivity contribution is 6.04. The Balaban J connectivity index is 1.89. The van der Waals surface area contributed by atoms with Crippen LogP contribution in [0.4, 0.5) is 0 Å². The number of carbonyl (C=O) groups is 2. The van der Waals surface area contributed by atoms with Gasteiger partial charge in [-0.3, -0.25) is 14.6 Å². The van der Waals surface area contributed by atoms with Gasteiger partial charge in [0.15, 0.2) is 0 Å². The number of carbonyl (C=O) groups excluding carboxylic acids is 2. The maximum Gasteiger partial charge on any atom is 0.322 e. The predicted octanol–water partition coefficient (Wildman–Crippen LogP) is 1.99. The molecule has 0 spiro atoms. The van der Waals surface area contributed by atoms with Crippen molar-refractivity contribution < 1.29 is 19.1 Å². The van der Waals surface area contributed by atoms with Crippen LogP contribution in [0.5, 0.6) is 5.75 Å². The number of fused-ring (bicyclic) bond motifs is 1. The van der Waals surface area contributed by atoms with Crippen molar-refractivity contribution in [1.82, 2.24) is 5.01 Å². The Morgan fingerprint density at radius 2 is 2.25 bits per heavy atom. The zero-order valence-electron chi connectivity index (χ0n) is 14.0. The largest absolute Gasteiger partial charge is 0.426 e. The molecular formula is C18H22N2O4. The molecule has 1 aromatic carbocycles. The summed E-state index contributed by atoms with van der Waals surface area (Å²) in [6.07, 6.45) is 3.81. The van der Waals surface area contributed by atoms with E-state index in [-0.39, 0.29) is 11.8 Å². The molecular weight excluding hydrogens is 308 g/mol. The van der Waals surface area contributed by atoms with Gasteiger partial charge < -0.3 is 9.47 Å². The standard InChI is InChI=1S/C18H22N2O4/c1-12(21)17-15(10-19-20-9-5-6-13(20)11-23-2)14-7-3-4-8-16(14)24-18(17)22/h3-4,7-8,10,13,15,17H,5-6,9,11H2,1-2H3/b19-10+/t13-,15+,17-/m0/s1. The Bertz CT molecular complexity index is 658. The molecule has 24 heavy (non-hydrogen) atoms. The Morgan fingerprint density at radius 1 is 1.46 bits per heavy atom. The minimum atomic E-state index is -0.841. The highest BCUT2D eigenvalue weighted by Crippen LogP contribution is 2.37. The molecule has 0 radical (unpaired) electrons. The molecule has 128 valence electrons. The summed E-state index contributed by atoms with van der Waals surface area (Å²) in [5.74, 6) is -1.45. The number of ether oxygens (including phenoxy) is 2. The lowest BCUT2D eigenvalue weighted by Crippen LogP contribution is -2.37. The van der Waals surface area contributed by atoms with Gasteiger partial charge in [0, 0.05) is 31.4 Å². The molecule has 0 aliphatic carbocycles. The lowest BCUT2D eigenvalue weighted by atomic mass is 9.82. The van der Waals surface area contributed by atoms with E-state index < -0.39 is 17.8 Å². The minimum absolute atomic E-state index is 0.208. The van der Waals surface area contributed by atoms with Crippen molar-refractivity contribution in [3.05, 3.63) is 29.8 Å². The number of hydrogen-bond acceptors (Lipinski definition) is 6. The van der Waals surface area contributed by atoms with Crippen LogP contribution < -0.4 is 4.74 Å². The van der Waals surface area contributed by atoms with Crippen LogP contribution >= 0.6 is 0 Å². The summed E-state index contributed by atoms with van der Waals surface area (Å²) >= 11 is 0. The monoisotopic (exact) mass is 330 g/mol. The van der Waals surface area contributed by atoms with E-state index in [9.17, 15) is 9.59 Å². The number of para-hydroxylation sites is 1. The lowest BCUT2D eigenvalue weighted by Gasteiger charge is -2.29. The maximum absolute atomic E-state index is 12.2. The molecule has 2 aliphatic heterocycles. The quantitative estimate of drug-likeness (QED) is 0.357. The van der Waals surface area contributed by atoms with Crippen LogP contribution in [-0.2, 0) is 14.3 Å². The summed E-state index contributed by atoms with van der Waals surface area (Å²) in [5.41, 5.74) is 0.823. The highest BCUT2D eigenvalue weighted by atomic mass is 16.5. The van der Waals surface area contributed by atoms with E-state index in [4.69, 9.17) is 9.47 Å². The van der Waals surface area contributed by atoms with Gasteiger partial charge >= 0.3 is 5.97 Å². The summed E-state index contributed by atoms with van der Waals surface area (Å²) in [7, 11) is 1.68. The van der Waals surface area contributed by atoms with Crippen LogP contribution in [-0.4, -0.2) is 49.3 Å². The molecule has 6 heteroatoms. The third kappa shape index (κ3) is 3.19. The third-order valence-electron chi connectivity index (χ3n) is 4.62. The highest BCUT2D eigenvalue weighted by Gasteiger charge is 2.40. The lowest BCUT2D eigenvalue weighted by molar-refractivity contribution is -0.144. The Morgan fingerprint density at radius 3 is 3.00 bits per heavy atom. The summed E-state index contributed by atoms with van der Waals surface area (Å²) in [4.78, 5) is 24.2. The summed E-state index contributed by atoms with van der Waals surface area (Å²) in [6, 6.07) is 7.55. The first-order chi connectivity index (χ1) is 11.6. The van der Waals surface area contributed by atoms with Gasteiger partial charge in [-0.2, -0.15) is 5.10 Å². The molecule has 0 aromatic heterocycles. The van der Waals surface area contributed by atoms with Crippen LogP contribution in [0.25, 0.3) is 0 Å². The predicted molar refractivity (Wildman–Crippen MR) is 89.1 cm³/mol. The number of nitrogens with zero attached hydrogens (tertiary/aromatic N) is 2. The zero-order valence-corrected chi connectivity index (χ0v) is 14.0. The van der Waals surface area contributed by atoms with Gasteiger partial charge in [-0.25, -0.2) is 0 Å². The molecule has 0 bridgehead atoms. The Labute approximate surface area is 141 Å². The zero-order chi connectivity index (χ0) is 17.1. The van der Waals surface area contributed by atoms with Crippen LogP contribution in [0.1, 0.15) is 31.2 Å². The second-order valence-electron chi connectivity index (χ2n) is 6.25.